The summed E-state index contributed by atoms with van der Waals surface area (Å²) in [5.41, 5.74) is 5.20. The summed E-state index contributed by atoms with van der Waals surface area (Å²) in [6.07, 6.45) is 0. The van der Waals surface area contributed by atoms with E-state index in [1.54, 1.807) is 4.68 Å². The van der Waals surface area contributed by atoms with Crippen molar-refractivity contribution < 1.29 is 13.7 Å². The second kappa shape index (κ2) is 8.48. The van der Waals surface area contributed by atoms with Gasteiger partial charge in [0, 0.05) is 16.4 Å². The van der Waals surface area contributed by atoms with Crippen molar-refractivity contribution in [3.8, 4) is 11.4 Å². The predicted molar refractivity (Wildman–Crippen MR) is 132 cm³/mol. The molecule has 4 aromatic rings. The molecule has 0 unspecified atom stereocenters. The van der Waals surface area contributed by atoms with Crippen LogP contribution in [-0.2, 0) is 22.3 Å². The first-order chi connectivity index (χ1) is 16.0. The zero-order chi connectivity index (χ0) is 23.1. The van der Waals surface area contributed by atoms with E-state index in [1.807, 2.05) is 75.4 Å². The van der Waals surface area contributed by atoms with Gasteiger partial charge in [-0.15, -0.1) is 0 Å². The summed E-state index contributed by atoms with van der Waals surface area (Å²) in [7, 11) is -1.01. The number of aromatic nitrogens is 2. The van der Waals surface area contributed by atoms with Gasteiger partial charge in [-0.25, -0.2) is 4.68 Å². The minimum Gasteiger partial charge on any atom is -0.493 e. The molecule has 0 fully saturated rings. The third-order valence-corrected chi connectivity index (χ3v) is 7.33. The first-order valence-electron chi connectivity index (χ1n) is 11.0. The normalized spacial score (nSPS) is 14.9. The van der Waals surface area contributed by atoms with E-state index in [0.717, 1.165) is 38.8 Å². The fourth-order valence-corrected chi connectivity index (χ4v) is 5.59. The highest BCUT2D eigenvalue weighted by Gasteiger charge is 2.30. The Bertz CT molecular complexity index is 1420. The molecule has 0 spiro atoms. The van der Waals surface area contributed by atoms with Gasteiger partial charge in [-0.2, -0.15) is 5.10 Å². The molecule has 3 aromatic carbocycles. The Balaban J connectivity index is 1.65. The van der Waals surface area contributed by atoms with Gasteiger partial charge in [-0.05, 0) is 54.8 Å². The molecule has 0 bridgehead atoms. The highest BCUT2D eigenvalue weighted by atomic mass is 32.2. The number of anilines is 1. The minimum absolute atomic E-state index is 0.276. The number of hydrogen-bond acceptors (Lipinski definition) is 4. The van der Waals surface area contributed by atoms with Gasteiger partial charge in [-0.1, -0.05) is 42.5 Å². The lowest BCUT2D eigenvalue weighted by atomic mass is 10.0. The van der Waals surface area contributed by atoms with Crippen molar-refractivity contribution in [3.05, 3.63) is 82.5 Å². The lowest BCUT2D eigenvalue weighted by molar-refractivity contribution is 0.102. The number of ether oxygens (including phenoxy) is 1. The van der Waals surface area contributed by atoms with E-state index < -0.39 is 10.8 Å². The summed E-state index contributed by atoms with van der Waals surface area (Å²) in [6, 6.07) is 17.6. The Hall–Kier alpha value is -3.45. The maximum absolute atomic E-state index is 13.7. The average Bonchev–Trinajstić information content (AvgIpc) is 3.32. The number of carbonyl (C=O) groups excluding carboxylic acids is 1. The first-order valence-corrected chi connectivity index (χ1v) is 12.4. The van der Waals surface area contributed by atoms with Gasteiger partial charge in [0.2, 0.25) is 0 Å². The molecule has 6 nitrogen and oxygen atoms in total. The van der Waals surface area contributed by atoms with Crippen molar-refractivity contribution in [2.45, 2.75) is 32.3 Å². The molecule has 0 radical (unpaired) electrons. The maximum atomic E-state index is 13.7. The van der Waals surface area contributed by atoms with Crippen LogP contribution in [0.25, 0.3) is 16.5 Å². The number of benzene rings is 3. The SMILES string of the molecule is CCOc1ccc2ccccc2c1C(=O)Nc1c2c(nn1-c1cccc(C)c1C)C[S@](=O)C2. The molecule has 1 aliphatic rings. The van der Waals surface area contributed by atoms with Gasteiger partial charge in [0.15, 0.2) is 0 Å². The monoisotopic (exact) mass is 459 g/mol. The summed E-state index contributed by atoms with van der Waals surface area (Å²) >= 11 is 0. The van der Waals surface area contributed by atoms with E-state index in [2.05, 4.69) is 5.32 Å². The Morgan fingerprint density at radius 2 is 1.91 bits per heavy atom. The Morgan fingerprint density at radius 1 is 1.09 bits per heavy atom. The van der Waals surface area contributed by atoms with E-state index in [1.165, 1.54) is 0 Å². The van der Waals surface area contributed by atoms with Gasteiger partial charge in [0.1, 0.15) is 11.6 Å². The highest BCUT2D eigenvalue weighted by Crippen LogP contribution is 2.34. The smallest absolute Gasteiger partial charge is 0.261 e. The Labute approximate surface area is 195 Å². The van der Waals surface area contributed by atoms with Crippen molar-refractivity contribution in [3.63, 3.8) is 0 Å². The number of aryl methyl sites for hydroxylation is 1. The van der Waals surface area contributed by atoms with Crippen LogP contribution in [0.1, 0.15) is 39.7 Å². The zero-order valence-electron chi connectivity index (χ0n) is 18.8. The Morgan fingerprint density at radius 3 is 2.73 bits per heavy atom. The van der Waals surface area contributed by atoms with E-state index in [0.29, 0.717) is 35.2 Å². The second-order valence-corrected chi connectivity index (χ2v) is 9.64. The van der Waals surface area contributed by atoms with Crippen LogP contribution in [-0.4, -0.2) is 26.5 Å². The topological polar surface area (TPSA) is 73.2 Å². The largest absolute Gasteiger partial charge is 0.493 e. The van der Waals surface area contributed by atoms with Crippen molar-refractivity contribution in [2.24, 2.45) is 0 Å². The molecule has 1 N–H and O–H groups in total. The van der Waals surface area contributed by atoms with Crippen LogP contribution < -0.4 is 10.1 Å². The van der Waals surface area contributed by atoms with Gasteiger partial charge >= 0.3 is 0 Å². The highest BCUT2D eigenvalue weighted by molar-refractivity contribution is 7.83. The molecule has 0 saturated carbocycles. The zero-order valence-corrected chi connectivity index (χ0v) is 19.7. The molecular formula is C26H25N3O3S. The molecule has 7 heteroatoms. The van der Waals surface area contributed by atoms with E-state index in [-0.39, 0.29) is 5.91 Å². The first kappa shape index (κ1) is 21.4. The van der Waals surface area contributed by atoms with Crippen molar-refractivity contribution in [2.75, 3.05) is 11.9 Å². The number of carbonyl (C=O) groups is 1. The molecular weight excluding hydrogens is 434 g/mol. The summed E-state index contributed by atoms with van der Waals surface area (Å²) in [5.74, 6) is 1.61. The fourth-order valence-electron chi connectivity index (χ4n) is 4.33. The second-order valence-electron chi connectivity index (χ2n) is 8.18. The van der Waals surface area contributed by atoms with E-state index >= 15 is 0 Å². The molecule has 33 heavy (non-hydrogen) atoms. The molecule has 168 valence electrons. The van der Waals surface area contributed by atoms with Gasteiger partial charge < -0.3 is 10.1 Å². The number of hydrogen-bond donors (Lipinski definition) is 1. The third kappa shape index (κ3) is 3.72. The van der Waals surface area contributed by atoms with Crippen molar-refractivity contribution in [1.29, 1.82) is 0 Å². The maximum Gasteiger partial charge on any atom is 0.261 e. The van der Waals surface area contributed by atoms with Crippen molar-refractivity contribution in [1.82, 2.24) is 9.78 Å². The molecule has 1 amide bonds. The van der Waals surface area contributed by atoms with Crippen LogP contribution in [0.2, 0.25) is 0 Å². The van der Waals surface area contributed by atoms with Gasteiger partial charge in [0.25, 0.3) is 5.91 Å². The van der Waals surface area contributed by atoms with Crippen LogP contribution in [0.4, 0.5) is 5.82 Å². The summed E-state index contributed by atoms with van der Waals surface area (Å²) in [4.78, 5) is 13.7. The van der Waals surface area contributed by atoms with Gasteiger partial charge in [-0.3, -0.25) is 9.00 Å². The van der Waals surface area contributed by atoms with Crippen LogP contribution >= 0.6 is 0 Å². The number of nitrogens with one attached hydrogen (secondary N) is 1. The summed E-state index contributed by atoms with van der Waals surface area (Å²) in [6.45, 7) is 6.44. The fraction of sp³-hybridized carbons (Fsp3) is 0.231. The number of nitrogens with zero attached hydrogens (tertiary/aromatic N) is 2. The Kier molecular flexibility index (Phi) is 5.50. The van der Waals surface area contributed by atoms with Crippen molar-refractivity contribution >= 4 is 33.3 Å². The summed E-state index contributed by atoms with van der Waals surface area (Å²) < 4.78 is 19.9. The van der Waals surface area contributed by atoms with E-state index in [4.69, 9.17) is 9.84 Å². The lowest BCUT2D eigenvalue weighted by Crippen LogP contribution is -2.18. The number of fused-ring (bicyclic) bond motifs is 2. The van der Waals surface area contributed by atoms with E-state index in [9.17, 15) is 9.00 Å². The number of rotatable bonds is 5. The van der Waals surface area contributed by atoms with Crippen LogP contribution in [0.15, 0.2) is 54.6 Å². The molecule has 0 aliphatic carbocycles. The average molecular weight is 460 g/mol. The minimum atomic E-state index is -1.01. The van der Waals surface area contributed by atoms with Crippen LogP contribution in [0.3, 0.4) is 0 Å². The number of amides is 1. The lowest BCUT2D eigenvalue weighted by Gasteiger charge is -2.16. The van der Waals surface area contributed by atoms with Crippen LogP contribution in [0.5, 0.6) is 5.75 Å². The standard InChI is InChI=1S/C26H25N3O3S/c1-4-32-23-13-12-18-9-5-6-10-19(18)24(23)26(30)27-25-20-14-33(31)15-21(20)28-29(25)22-11-7-8-16(2)17(22)3/h5-13H,4,14-15H2,1-3H3,(H,27,30)/t33-/m1/s1. The quantitative estimate of drug-likeness (QED) is 0.453. The van der Waals surface area contributed by atoms with Crippen LogP contribution in [0, 0.1) is 13.8 Å². The molecule has 2 heterocycles. The molecule has 1 atom stereocenters. The molecule has 1 aliphatic heterocycles. The molecule has 5 rings (SSSR count). The summed E-state index contributed by atoms with van der Waals surface area (Å²) in [5, 5.41) is 9.65. The predicted octanol–water partition coefficient (Wildman–Crippen LogP) is 5.06. The molecule has 1 aromatic heterocycles. The molecule has 0 saturated heterocycles. The van der Waals surface area contributed by atoms with Gasteiger partial charge in [0.05, 0.1) is 35.1 Å². The third-order valence-electron chi connectivity index (χ3n) is 6.12.